The molecule has 3 heterocycles. The van der Waals surface area contributed by atoms with Crippen molar-refractivity contribution in [1.82, 2.24) is 29.5 Å². The van der Waals surface area contributed by atoms with E-state index >= 15 is 0 Å². The molecule has 1 fully saturated rings. The summed E-state index contributed by atoms with van der Waals surface area (Å²) >= 11 is 6.38. The lowest BCUT2D eigenvalue weighted by Gasteiger charge is -2.14. The van der Waals surface area contributed by atoms with Crippen LogP contribution in [0.1, 0.15) is 28.5 Å². The first-order valence-corrected chi connectivity index (χ1v) is 11.3. The molecule has 1 saturated heterocycles. The van der Waals surface area contributed by atoms with E-state index < -0.39 is 5.91 Å². The number of hydrogen-bond donors (Lipinski definition) is 2. The van der Waals surface area contributed by atoms with Crippen molar-refractivity contribution in [1.29, 1.82) is 0 Å². The molecule has 1 atom stereocenters. The molecule has 1 aliphatic heterocycles. The minimum atomic E-state index is -0.536. The fourth-order valence-corrected chi connectivity index (χ4v) is 4.21. The van der Waals surface area contributed by atoms with Crippen LogP contribution in [-0.4, -0.2) is 74.5 Å². The van der Waals surface area contributed by atoms with Crippen LogP contribution >= 0.6 is 11.6 Å². The molecule has 3 aromatic rings. The monoisotopic (exact) mass is 496 g/mol. The molecule has 0 spiro atoms. The predicted octanol–water partition coefficient (Wildman–Crippen LogP) is 1.90. The lowest BCUT2D eigenvalue weighted by atomic mass is 10.1. The molecule has 182 valence electrons. The Kier molecular flexibility index (Phi) is 6.70. The Labute approximate surface area is 206 Å². The van der Waals surface area contributed by atoms with Crippen molar-refractivity contribution < 1.29 is 14.4 Å². The van der Waals surface area contributed by atoms with Gasteiger partial charge >= 0.3 is 0 Å². The maximum absolute atomic E-state index is 13.2. The number of fused-ring (bicyclic) bond motifs is 1. The van der Waals surface area contributed by atoms with E-state index in [1.54, 1.807) is 41.9 Å². The van der Waals surface area contributed by atoms with Gasteiger partial charge in [0.1, 0.15) is 12.1 Å². The van der Waals surface area contributed by atoms with E-state index in [0.717, 1.165) is 5.56 Å². The molecule has 12 heteroatoms. The van der Waals surface area contributed by atoms with Gasteiger partial charge in [0.05, 0.1) is 28.6 Å². The third-order valence-corrected chi connectivity index (χ3v) is 6.18. The smallest absolute Gasteiger partial charge is 0.277 e. The van der Waals surface area contributed by atoms with Crippen molar-refractivity contribution >= 4 is 51.9 Å². The van der Waals surface area contributed by atoms with Crippen LogP contribution in [0.3, 0.4) is 0 Å². The number of nitrogens with two attached hydrogens (primary N) is 1. The molecule has 35 heavy (non-hydrogen) atoms. The Hall–Kier alpha value is -3.99. The first kappa shape index (κ1) is 24.1. The molecule has 3 amide bonds. The average molecular weight is 497 g/mol. The second-order valence-electron chi connectivity index (χ2n) is 8.41. The Balaban J connectivity index is 1.62. The molecule has 0 radical (unpaired) electrons. The SMILES string of the molecule is C=CC(=O)N1CCC(n2nc(C(=O)Nc3ccc(CC(=O)N(C)C)cc3Cl)c3c(N)ncnc32)C1. The average Bonchev–Trinajstić information content (AvgIpc) is 3.46. The summed E-state index contributed by atoms with van der Waals surface area (Å²) in [6.07, 6.45) is 3.41. The van der Waals surface area contributed by atoms with Gasteiger partial charge in [-0.1, -0.05) is 24.2 Å². The second-order valence-corrected chi connectivity index (χ2v) is 8.82. The highest BCUT2D eigenvalue weighted by Gasteiger charge is 2.31. The summed E-state index contributed by atoms with van der Waals surface area (Å²) < 4.78 is 1.62. The van der Waals surface area contributed by atoms with Gasteiger partial charge in [0.25, 0.3) is 5.91 Å². The van der Waals surface area contributed by atoms with Crippen LogP contribution in [0.2, 0.25) is 5.02 Å². The van der Waals surface area contributed by atoms with E-state index in [-0.39, 0.29) is 40.8 Å². The summed E-state index contributed by atoms with van der Waals surface area (Å²) in [4.78, 5) is 48.7. The first-order chi connectivity index (χ1) is 16.7. The third kappa shape index (κ3) is 4.80. The number of aromatic nitrogens is 4. The topological polar surface area (TPSA) is 139 Å². The van der Waals surface area contributed by atoms with Crippen molar-refractivity contribution in [2.24, 2.45) is 0 Å². The van der Waals surface area contributed by atoms with E-state index in [2.05, 4.69) is 27.0 Å². The largest absolute Gasteiger partial charge is 0.383 e. The lowest BCUT2D eigenvalue weighted by Crippen LogP contribution is -2.27. The van der Waals surface area contributed by atoms with Crippen molar-refractivity contribution in [2.75, 3.05) is 38.2 Å². The van der Waals surface area contributed by atoms with E-state index in [1.165, 1.54) is 17.3 Å². The number of likely N-dealkylation sites (tertiary alicyclic amines) is 1. The maximum atomic E-state index is 13.2. The zero-order valence-corrected chi connectivity index (χ0v) is 20.1. The minimum Gasteiger partial charge on any atom is -0.383 e. The number of nitrogens with one attached hydrogen (secondary N) is 1. The number of amides is 3. The van der Waals surface area contributed by atoms with Crippen LogP contribution < -0.4 is 11.1 Å². The summed E-state index contributed by atoms with van der Waals surface area (Å²) in [6.45, 7) is 4.48. The van der Waals surface area contributed by atoms with E-state index in [9.17, 15) is 14.4 Å². The number of anilines is 2. The van der Waals surface area contributed by atoms with Gasteiger partial charge in [0.2, 0.25) is 11.8 Å². The van der Waals surface area contributed by atoms with Gasteiger partial charge in [0.15, 0.2) is 11.3 Å². The number of halogens is 1. The summed E-state index contributed by atoms with van der Waals surface area (Å²) in [5.74, 6) is -0.648. The zero-order chi connectivity index (χ0) is 25.3. The van der Waals surface area contributed by atoms with E-state index in [0.29, 0.717) is 36.2 Å². The van der Waals surface area contributed by atoms with Gasteiger partial charge in [-0.05, 0) is 30.2 Å². The predicted molar refractivity (Wildman–Crippen MR) is 132 cm³/mol. The molecular weight excluding hydrogens is 472 g/mol. The molecule has 1 unspecified atom stereocenters. The van der Waals surface area contributed by atoms with Gasteiger partial charge in [-0.25, -0.2) is 14.6 Å². The third-order valence-electron chi connectivity index (χ3n) is 5.86. The fraction of sp³-hybridized carbons (Fsp3) is 0.304. The van der Waals surface area contributed by atoms with Crippen LogP contribution in [0.15, 0.2) is 37.2 Å². The van der Waals surface area contributed by atoms with E-state index in [4.69, 9.17) is 17.3 Å². The highest BCUT2D eigenvalue weighted by Crippen LogP contribution is 2.30. The summed E-state index contributed by atoms with van der Waals surface area (Å²) in [5.41, 5.74) is 7.63. The number of rotatable bonds is 6. The van der Waals surface area contributed by atoms with Crippen LogP contribution in [-0.2, 0) is 16.0 Å². The fourth-order valence-electron chi connectivity index (χ4n) is 3.96. The first-order valence-electron chi connectivity index (χ1n) is 10.9. The number of carbonyl (C=O) groups is 3. The zero-order valence-electron chi connectivity index (χ0n) is 19.4. The molecule has 1 aliphatic rings. The van der Waals surface area contributed by atoms with Crippen molar-refractivity contribution in [2.45, 2.75) is 18.9 Å². The van der Waals surface area contributed by atoms with Crippen molar-refractivity contribution in [3.63, 3.8) is 0 Å². The highest BCUT2D eigenvalue weighted by molar-refractivity contribution is 6.34. The van der Waals surface area contributed by atoms with Crippen LogP contribution in [0.25, 0.3) is 11.0 Å². The second kappa shape index (κ2) is 9.71. The number of likely N-dealkylation sites (N-methyl/N-ethyl adjacent to an activating group) is 1. The Morgan fingerprint density at radius 2 is 2.09 bits per heavy atom. The van der Waals surface area contributed by atoms with Crippen molar-refractivity contribution in [3.05, 3.63) is 53.5 Å². The van der Waals surface area contributed by atoms with Gasteiger partial charge < -0.3 is 20.9 Å². The van der Waals surface area contributed by atoms with Gasteiger partial charge in [-0.2, -0.15) is 5.10 Å². The Morgan fingerprint density at radius 3 is 2.77 bits per heavy atom. The van der Waals surface area contributed by atoms with Gasteiger partial charge in [-0.3, -0.25) is 14.4 Å². The van der Waals surface area contributed by atoms with Crippen LogP contribution in [0.5, 0.6) is 0 Å². The van der Waals surface area contributed by atoms with Crippen LogP contribution in [0.4, 0.5) is 11.5 Å². The van der Waals surface area contributed by atoms with Gasteiger partial charge in [-0.15, -0.1) is 0 Å². The molecule has 11 nitrogen and oxygen atoms in total. The molecule has 0 aliphatic carbocycles. The van der Waals surface area contributed by atoms with Gasteiger partial charge in [0, 0.05) is 27.2 Å². The summed E-state index contributed by atoms with van der Waals surface area (Å²) in [5, 5.41) is 7.88. The highest BCUT2D eigenvalue weighted by atomic mass is 35.5. The number of carbonyl (C=O) groups excluding carboxylic acids is 3. The molecule has 0 bridgehead atoms. The normalized spacial score (nSPS) is 15.3. The minimum absolute atomic E-state index is 0.0505. The Morgan fingerprint density at radius 1 is 1.31 bits per heavy atom. The lowest BCUT2D eigenvalue weighted by molar-refractivity contribution is -0.128. The number of nitrogens with zero attached hydrogens (tertiary/aromatic N) is 6. The van der Waals surface area contributed by atoms with Crippen molar-refractivity contribution in [3.8, 4) is 0 Å². The summed E-state index contributed by atoms with van der Waals surface area (Å²) in [6, 6.07) is 4.80. The molecule has 0 saturated carbocycles. The van der Waals surface area contributed by atoms with E-state index in [1.807, 2.05) is 0 Å². The number of nitrogen functional groups attached to an aromatic ring is 1. The van der Waals surface area contributed by atoms with Crippen LogP contribution in [0, 0.1) is 0 Å². The standard InChI is InChI=1S/C23H25ClN8O3/c1-4-17(33)31-8-7-14(11-31)32-22-19(21(25)26-12-27-22)20(29-32)23(35)28-16-6-5-13(9-15(16)24)10-18(34)30(2)3/h4-6,9,12,14H,1,7-8,10-11H2,2-3H3,(H,28,35)(H2,25,26,27). The molecular formula is C23H25ClN8O3. The molecule has 1 aromatic carbocycles. The molecule has 2 aromatic heterocycles. The Bertz CT molecular complexity index is 1340. The summed E-state index contributed by atoms with van der Waals surface area (Å²) in [7, 11) is 3.36. The molecule has 3 N–H and O–H groups in total. The quantitative estimate of drug-likeness (QED) is 0.497. The molecule has 4 rings (SSSR count). The maximum Gasteiger partial charge on any atom is 0.277 e. The number of hydrogen-bond acceptors (Lipinski definition) is 7. The number of benzene rings is 1.